The van der Waals surface area contributed by atoms with Crippen LogP contribution in [0.2, 0.25) is 0 Å². The molecule has 7 nitrogen and oxygen atoms in total. The van der Waals surface area contributed by atoms with Crippen molar-refractivity contribution in [1.29, 1.82) is 5.26 Å². The second-order valence-corrected chi connectivity index (χ2v) is 7.59. The Morgan fingerprint density at radius 3 is 2.90 bits per heavy atom. The number of hydrogen-bond donors (Lipinski definition) is 2. The van der Waals surface area contributed by atoms with Crippen LogP contribution in [0.15, 0.2) is 11.1 Å². The molecule has 1 aliphatic rings. The van der Waals surface area contributed by atoms with Gasteiger partial charge in [0.2, 0.25) is 0 Å². The molecule has 2 heterocycles. The normalized spacial score (nSPS) is 13.9. The first-order valence-electron chi connectivity index (χ1n) is 6.29. The van der Waals surface area contributed by atoms with Crippen molar-refractivity contribution in [1.82, 2.24) is 9.78 Å². The molecular weight excluding hydrogens is 310 g/mol. The predicted molar refractivity (Wildman–Crippen MR) is 79.5 cm³/mol. The largest absolute Gasteiger partial charge is 0.381 e. The highest BCUT2D eigenvalue weighted by Crippen LogP contribution is 2.39. The Morgan fingerprint density at radius 2 is 2.29 bits per heavy atom. The van der Waals surface area contributed by atoms with Gasteiger partial charge in [-0.2, -0.15) is 10.4 Å². The van der Waals surface area contributed by atoms with Crippen molar-refractivity contribution in [3.05, 3.63) is 22.2 Å². The van der Waals surface area contributed by atoms with Gasteiger partial charge in [0.05, 0.1) is 5.56 Å². The van der Waals surface area contributed by atoms with Crippen LogP contribution < -0.4 is 10.5 Å². The van der Waals surface area contributed by atoms with Gasteiger partial charge in [-0.25, -0.2) is 8.42 Å². The smallest absolute Gasteiger partial charge is 0.267 e. The minimum absolute atomic E-state index is 0.0624. The number of thiophene rings is 1. The lowest BCUT2D eigenvalue weighted by molar-refractivity contribution is 0.601. The minimum Gasteiger partial charge on any atom is -0.381 e. The van der Waals surface area contributed by atoms with Crippen LogP contribution in [0.1, 0.15) is 22.4 Å². The van der Waals surface area contributed by atoms with Crippen LogP contribution in [0.25, 0.3) is 0 Å². The third kappa shape index (κ3) is 2.26. The Labute approximate surface area is 126 Å². The summed E-state index contributed by atoms with van der Waals surface area (Å²) in [4.78, 5) is 1.01. The van der Waals surface area contributed by atoms with Crippen LogP contribution in [-0.2, 0) is 29.9 Å². The van der Waals surface area contributed by atoms with E-state index in [0.717, 1.165) is 29.7 Å². The van der Waals surface area contributed by atoms with E-state index in [2.05, 4.69) is 15.9 Å². The number of sulfonamides is 1. The SMILES string of the molecule is Cn1cc(S(=O)(=O)Nc2sc3c(c2C#N)CCC3)c(N)n1. The van der Waals surface area contributed by atoms with E-state index >= 15 is 0 Å². The molecule has 2 aromatic heterocycles. The van der Waals surface area contributed by atoms with Crippen molar-refractivity contribution in [2.24, 2.45) is 7.05 Å². The third-order valence-corrected chi connectivity index (χ3v) is 6.07. The summed E-state index contributed by atoms with van der Waals surface area (Å²) in [6.45, 7) is 0. The van der Waals surface area contributed by atoms with Gasteiger partial charge in [0, 0.05) is 18.1 Å². The topological polar surface area (TPSA) is 114 Å². The Morgan fingerprint density at radius 1 is 1.52 bits per heavy atom. The van der Waals surface area contributed by atoms with E-state index in [9.17, 15) is 13.7 Å². The van der Waals surface area contributed by atoms with Crippen LogP contribution in [0.3, 0.4) is 0 Å². The molecule has 2 aromatic rings. The van der Waals surface area contributed by atoms with Crippen molar-refractivity contribution in [3.8, 4) is 6.07 Å². The highest BCUT2D eigenvalue weighted by molar-refractivity contribution is 7.93. The van der Waals surface area contributed by atoms with Gasteiger partial charge in [-0.1, -0.05) is 0 Å². The molecule has 9 heteroatoms. The number of anilines is 2. The number of nitriles is 1. The number of nitrogens with one attached hydrogen (secondary N) is 1. The van der Waals surface area contributed by atoms with E-state index in [1.807, 2.05) is 0 Å². The fraction of sp³-hybridized carbons (Fsp3) is 0.333. The molecule has 0 unspecified atom stereocenters. The number of nitrogens with two attached hydrogens (primary N) is 1. The summed E-state index contributed by atoms with van der Waals surface area (Å²) in [7, 11) is -2.25. The van der Waals surface area contributed by atoms with Gasteiger partial charge in [-0.3, -0.25) is 9.40 Å². The predicted octanol–water partition coefficient (Wildman–Crippen LogP) is 1.22. The van der Waals surface area contributed by atoms with E-state index in [1.54, 1.807) is 7.05 Å². The highest BCUT2D eigenvalue weighted by atomic mass is 32.2. The zero-order valence-electron chi connectivity index (χ0n) is 11.3. The maximum absolute atomic E-state index is 12.4. The Balaban J connectivity index is 2.01. The molecule has 0 radical (unpaired) electrons. The van der Waals surface area contributed by atoms with Gasteiger partial charge in [-0.05, 0) is 24.8 Å². The number of fused-ring (bicyclic) bond motifs is 1. The van der Waals surface area contributed by atoms with Crippen LogP contribution >= 0.6 is 11.3 Å². The van der Waals surface area contributed by atoms with Crippen LogP contribution in [0.5, 0.6) is 0 Å². The molecule has 0 atom stereocenters. The molecule has 0 bridgehead atoms. The first kappa shape index (κ1) is 13.9. The summed E-state index contributed by atoms with van der Waals surface area (Å²) in [5.41, 5.74) is 7.01. The summed E-state index contributed by atoms with van der Waals surface area (Å²) < 4.78 is 28.6. The van der Waals surface area contributed by atoms with Crippen molar-refractivity contribution in [2.45, 2.75) is 24.2 Å². The van der Waals surface area contributed by atoms with E-state index in [4.69, 9.17) is 5.73 Å². The molecule has 0 saturated heterocycles. The number of hydrogen-bond acceptors (Lipinski definition) is 6. The molecule has 3 N–H and O–H groups in total. The molecular formula is C12H13N5O2S2. The summed E-state index contributed by atoms with van der Waals surface area (Å²) >= 11 is 1.33. The van der Waals surface area contributed by atoms with Gasteiger partial charge in [0.25, 0.3) is 10.0 Å². The summed E-state index contributed by atoms with van der Waals surface area (Å²) in [5.74, 6) is -0.0624. The van der Waals surface area contributed by atoms with Crippen molar-refractivity contribution >= 4 is 32.2 Å². The first-order chi connectivity index (χ1) is 9.92. The van der Waals surface area contributed by atoms with Gasteiger partial charge in [-0.15, -0.1) is 11.3 Å². The van der Waals surface area contributed by atoms with Crippen molar-refractivity contribution in [2.75, 3.05) is 10.5 Å². The van der Waals surface area contributed by atoms with E-state index < -0.39 is 10.0 Å². The first-order valence-corrected chi connectivity index (χ1v) is 8.59. The third-order valence-electron chi connectivity index (χ3n) is 3.37. The number of aryl methyl sites for hydroxylation is 2. The molecule has 1 aliphatic carbocycles. The highest BCUT2D eigenvalue weighted by Gasteiger charge is 2.27. The summed E-state index contributed by atoms with van der Waals surface area (Å²) in [6, 6.07) is 2.10. The van der Waals surface area contributed by atoms with Crippen LogP contribution in [0.4, 0.5) is 10.8 Å². The molecule has 0 saturated carbocycles. The zero-order valence-corrected chi connectivity index (χ0v) is 12.9. The van der Waals surface area contributed by atoms with Crippen LogP contribution in [-0.4, -0.2) is 18.2 Å². The lowest BCUT2D eigenvalue weighted by Gasteiger charge is -2.05. The fourth-order valence-corrected chi connectivity index (χ4v) is 5.11. The number of nitrogen functional groups attached to an aromatic ring is 1. The van der Waals surface area contributed by atoms with Gasteiger partial charge in [0.1, 0.15) is 16.0 Å². The standard InChI is InChI=1S/C12H13N5O2S2/c1-17-6-10(11(14)15-17)21(18,19)16-12-8(5-13)7-3-2-4-9(7)20-12/h6,16H,2-4H2,1H3,(H2,14,15). The fourth-order valence-electron chi connectivity index (χ4n) is 2.46. The molecule has 0 aromatic carbocycles. The quantitative estimate of drug-likeness (QED) is 0.881. The number of nitrogens with zero attached hydrogens (tertiary/aromatic N) is 3. The number of aromatic nitrogens is 2. The van der Waals surface area contributed by atoms with Crippen molar-refractivity contribution < 1.29 is 8.42 Å². The lowest BCUT2D eigenvalue weighted by Crippen LogP contribution is -2.14. The zero-order chi connectivity index (χ0) is 15.2. The molecule has 0 aliphatic heterocycles. The Bertz CT molecular complexity index is 857. The minimum atomic E-state index is -3.84. The second-order valence-electron chi connectivity index (χ2n) is 4.83. The Hall–Kier alpha value is -2.05. The van der Waals surface area contributed by atoms with E-state index in [1.165, 1.54) is 22.2 Å². The molecule has 21 heavy (non-hydrogen) atoms. The summed E-state index contributed by atoms with van der Waals surface area (Å²) in [6.07, 6.45) is 4.07. The molecule has 0 amide bonds. The van der Waals surface area contributed by atoms with Crippen molar-refractivity contribution in [3.63, 3.8) is 0 Å². The maximum Gasteiger partial charge on any atom is 0.267 e. The van der Waals surface area contributed by atoms with Gasteiger partial charge in [0.15, 0.2) is 5.82 Å². The monoisotopic (exact) mass is 323 g/mol. The molecule has 0 fully saturated rings. The van der Waals surface area contributed by atoms with Gasteiger partial charge >= 0.3 is 0 Å². The molecule has 110 valence electrons. The number of rotatable bonds is 3. The van der Waals surface area contributed by atoms with E-state index in [0.29, 0.717) is 10.6 Å². The second kappa shape index (κ2) is 4.75. The maximum atomic E-state index is 12.4. The van der Waals surface area contributed by atoms with Crippen LogP contribution in [0, 0.1) is 11.3 Å². The average molecular weight is 323 g/mol. The van der Waals surface area contributed by atoms with E-state index in [-0.39, 0.29) is 10.7 Å². The van der Waals surface area contributed by atoms with Gasteiger partial charge < -0.3 is 5.73 Å². The lowest BCUT2D eigenvalue weighted by atomic mass is 10.1. The molecule has 0 spiro atoms. The Kier molecular flexibility index (Phi) is 3.15. The molecule has 3 rings (SSSR count). The summed E-state index contributed by atoms with van der Waals surface area (Å²) in [5, 5.41) is 13.5. The average Bonchev–Trinajstić information content (AvgIpc) is 3.03.